The van der Waals surface area contributed by atoms with E-state index in [1.807, 2.05) is 0 Å². The summed E-state index contributed by atoms with van der Waals surface area (Å²) in [5.74, 6) is -0.0837. The second kappa shape index (κ2) is 6.95. The van der Waals surface area contributed by atoms with Crippen LogP contribution in [0.2, 0.25) is 0 Å². The monoisotopic (exact) mass is 279 g/mol. The summed E-state index contributed by atoms with van der Waals surface area (Å²) in [7, 11) is 0. The molecule has 4 heteroatoms. The summed E-state index contributed by atoms with van der Waals surface area (Å²) in [6.45, 7) is 3.38. The van der Waals surface area contributed by atoms with E-state index in [1.165, 1.54) is 12.1 Å². The summed E-state index contributed by atoms with van der Waals surface area (Å²) in [5.41, 5.74) is 0.754. The molecule has 1 saturated heterocycles. The van der Waals surface area contributed by atoms with Crippen molar-refractivity contribution in [2.75, 3.05) is 13.1 Å². The smallest absolute Gasteiger partial charge is 0.131 e. The van der Waals surface area contributed by atoms with Crippen molar-refractivity contribution in [1.82, 2.24) is 4.90 Å². The fraction of sp³-hybridized carbons (Fsp3) is 0.562. The topological polar surface area (TPSA) is 40.5 Å². The van der Waals surface area contributed by atoms with Gasteiger partial charge in [-0.25, -0.2) is 4.39 Å². The highest BCUT2D eigenvalue weighted by Gasteiger charge is 2.26. The van der Waals surface area contributed by atoms with Gasteiger partial charge < -0.3 is 5.11 Å². The van der Waals surface area contributed by atoms with Crippen LogP contribution in [0.25, 0.3) is 0 Å². The number of benzene rings is 1. The van der Waals surface area contributed by atoms with Crippen LogP contribution in [0.1, 0.15) is 44.3 Å². The van der Waals surface area contributed by atoms with Gasteiger partial charge in [0.15, 0.2) is 0 Å². The molecule has 2 unspecified atom stereocenters. The highest BCUT2D eigenvalue weighted by molar-refractivity contribution is 5.75. The standard InChI is InChI=1S/C16H22FNO2/c1-12(19)8-10-18-9-2-3-15(18)11-16(20)13-4-6-14(17)7-5-13/h4-7,15-16,20H,2-3,8-11H2,1H3. The number of carbonyl (C=O) groups is 1. The quantitative estimate of drug-likeness (QED) is 0.870. The van der Waals surface area contributed by atoms with Gasteiger partial charge in [-0.1, -0.05) is 12.1 Å². The van der Waals surface area contributed by atoms with E-state index in [9.17, 15) is 14.3 Å². The third-order valence-corrected chi connectivity index (χ3v) is 4.00. The van der Waals surface area contributed by atoms with Crippen molar-refractivity contribution in [2.24, 2.45) is 0 Å². The molecule has 1 fully saturated rings. The van der Waals surface area contributed by atoms with Gasteiger partial charge in [-0.2, -0.15) is 0 Å². The molecule has 0 aromatic heterocycles. The number of hydrogen-bond acceptors (Lipinski definition) is 3. The summed E-state index contributed by atoms with van der Waals surface area (Å²) in [6.07, 6.45) is 2.81. The van der Waals surface area contributed by atoms with Crippen LogP contribution in [0.4, 0.5) is 4.39 Å². The fourth-order valence-electron chi connectivity index (χ4n) is 2.84. The van der Waals surface area contributed by atoms with Crippen LogP contribution in [0.5, 0.6) is 0 Å². The van der Waals surface area contributed by atoms with Gasteiger partial charge in [0.25, 0.3) is 0 Å². The van der Waals surface area contributed by atoms with Gasteiger partial charge >= 0.3 is 0 Å². The Balaban J connectivity index is 1.90. The van der Waals surface area contributed by atoms with Crippen LogP contribution < -0.4 is 0 Å². The molecule has 1 aliphatic rings. The van der Waals surface area contributed by atoms with Crippen LogP contribution >= 0.6 is 0 Å². The minimum atomic E-state index is -0.571. The summed E-state index contributed by atoms with van der Waals surface area (Å²) < 4.78 is 12.9. The Morgan fingerprint density at radius 1 is 1.45 bits per heavy atom. The van der Waals surface area contributed by atoms with Crippen LogP contribution in [-0.4, -0.2) is 34.9 Å². The minimum absolute atomic E-state index is 0.203. The Morgan fingerprint density at radius 3 is 2.80 bits per heavy atom. The Labute approximate surface area is 119 Å². The van der Waals surface area contributed by atoms with E-state index < -0.39 is 6.10 Å². The highest BCUT2D eigenvalue weighted by atomic mass is 19.1. The van der Waals surface area contributed by atoms with Gasteiger partial charge in [-0.3, -0.25) is 9.69 Å². The molecule has 1 heterocycles. The van der Waals surface area contributed by atoms with Crippen LogP contribution in [0, 0.1) is 5.82 Å². The maximum atomic E-state index is 12.9. The van der Waals surface area contributed by atoms with Crippen molar-refractivity contribution < 1.29 is 14.3 Å². The van der Waals surface area contributed by atoms with Crippen molar-refractivity contribution in [3.8, 4) is 0 Å². The molecule has 0 saturated carbocycles. The molecule has 1 aliphatic heterocycles. The van der Waals surface area contributed by atoms with E-state index in [0.29, 0.717) is 18.9 Å². The van der Waals surface area contributed by atoms with Crippen molar-refractivity contribution in [1.29, 1.82) is 0 Å². The second-order valence-electron chi connectivity index (χ2n) is 5.59. The Bertz CT molecular complexity index is 446. The molecule has 0 amide bonds. The van der Waals surface area contributed by atoms with Crippen molar-refractivity contribution in [3.63, 3.8) is 0 Å². The van der Waals surface area contributed by atoms with E-state index in [4.69, 9.17) is 0 Å². The first-order valence-corrected chi connectivity index (χ1v) is 7.23. The number of hydrogen-bond donors (Lipinski definition) is 1. The lowest BCUT2D eigenvalue weighted by Gasteiger charge is -2.26. The number of halogens is 1. The molecule has 2 rings (SSSR count). The van der Waals surface area contributed by atoms with Gasteiger partial charge in [0.2, 0.25) is 0 Å². The van der Waals surface area contributed by atoms with Crippen LogP contribution in [0.15, 0.2) is 24.3 Å². The molecule has 3 nitrogen and oxygen atoms in total. The first-order chi connectivity index (χ1) is 9.56. The molecule has 0 radical (unpaired) electrons. The van der Waals surface area contributed by atoms with E-state index in [1.54, 1.807) is 19.1 Å². The first-order valence-electron chi connectivity index (χ1n) is 7.23. The van der Waals surface area contributed by atoms with Gasteiger partial charge in [-0.05, 0) is 50.4 Å². The third kappa shape index (κ3) is 4.12. The van der Waals surface area contributed by atoms with E-state index in [-0.39, 0.29) is 11.6 Å². The average molecular weight is 279 g/mol. The molecule has 0 bridgehead atoms. The summed E-state index contributed by atoms with van der Waals surface area (Å²) in [4.78, 5) is 13.4. The zero-order chi connectivity index (χ0) is 14.5. The molecule has 20 heavy (non-hydrogen) atoms. The maximum Gasteiger partial charge on any atom is 0.131 e. The summed E-state index contributed by atoms with van der Waals surface area (Å²) >= 11 is 0. The minimum Gasteiger partial charge on any atom is -0.388 e. The number of likely N-dealkylation sites (tertiary alicyclic amines) is 1. The number of rotatable bonds is 6. The van der Waals surface area contributed by atoms with Gasteiger partial charge in [-0.15, -0.1) is 0 Å². The maximum absolute atomic E-state index is 12.9. The summed E-state index contributed by atoms with van der Waals surface area (Å²) in [5, 5.41) is 10.3. The van der Waals surface area contributed by atoms with Crippen molar-refractivity contribution >= 4 is 5.78 Å². The third-order valence-electron chi connectivity index (χ3n) is 4.00. The molecule has 0 aliphatic carbocycles. The lowest BCUT2D eigenvalue weighted by Crippen LogP contribution is -2.32. The van der Waals surface area contributed by atoms with E-state index >= 15 is 0 Å². The zero-order valence-electron chi connectivity index (χ0n) is 11.9. The number of aliphatic hydroxyl groups excluding tert-OH is 1. The van der Waals surface area contributed by atoms with Crippen LogP contribution in [-0.2, 0) is 4.79 Å². The number of ketones is 1. The van der Waals surface area contributed by atoms with Crippen molar-refractivity contribution in [2.45, 2.75) is 44.8 Å². The number of carbonyl (C=O) groups excluding carboxylic acids is 1. The molecule has 110 valence electrons. The first kappa shape index (κ1) is 15.1. The lowest BCUT2D eigenvalue weighted by atomic mass is 10.0. The Hall–Kier alpha value is -1.26. The second-order valence-corrected chi connectivity index (χ2v) is 5.59. The van der Waals surface area contributed by atoms with Crippen molar-refractivity contribution in [3.05, 3.63) is 35.6 Å². The number of Topliss-reactive ketones (excluding diaryl/α,β-unsaturated/α-hetero) is 1. The predicted molar refractivity (Wildman–Crippen MR) is 75.9 cm³/mol. The Kier molecular flexibility index (Phi) is 5.26. The normalized spacial score (nSPS) is 21.1. The average Bonchev–Trinajstić information content (AvgIpc) is 2.84. The predicted octanol–water partition coefficient (Wildman–Crippen LogP) is 2.69. The molecule has 1 N–H and O–H groups in total. The van der Waals surface area contributed by atoms with Gasteiger partial charge in [0.05, 0.1) is 6.10 Å². The molecule has 1 aromatic carbocycles. The van der Waals surface area contributed by atoms with Crippen LogP contribution in [0.3, 0.4) is 0 Å². The molecular weight excluding hydrogens is 257 g/mol. The molecule has 1 aromatic rings. The SMILES string of the molecule is CC(=O)CCN1CCCC1CC(O)c1ccc(F)cc1. The van der Waals surface area contributed by atoms with Gasteiger partial charge in [0, 0.05) is 19.0 Å². The molecule has 0 spiro atoms. The summed E-state index contributed by atoms with van der Waals surface area (Å²) in [6, 6.07) is 6.33. The Morgan fingerprint density at radius 2 is 2.15 bits per heavy atom. The molecule has 2 atom stereocenters. The molecular formula is C16H22FNO2. The largest absolute Gasteiger partial charge is 0.388 e. The fourth-order valence-corrected chi connectivity index (χ4v) is 2.84. The number of nitrogens with zero attached hydrogens (tertiary/aromatic N) is 1. The highest BCUT2D eigenvalue weighted by Crippen LogP contribution is 2.27. The zero-order valence-corrected chi connectivity index (χ0v) is 11.9. The van der Waals surface area contributed by atoms with E-state index in [0.717, 1.165) is 31.5 Å². The van der Waals surface area contributed by atoms with Gasteiger partial charge in [0.1, 0.15) is 11.6 Å². The number of aliphatic hydroxyl groups is 1. The van der Waals surface area contributed by atoms with E-state index in [2.05, 4.69) is 4.90 Å². The lowest BCUT2D eigenvalue weighted by molar-refractivity contribution is -0.117.